The highest BCUT2D eigenvalue weighted by molar-refractivity contribution is 5.15. The number of nitrogens with zero attached hydrogens (tertiary/aromatic N) is 8. The highest BCUT2D eigenvalue weighted by atomic mass is 15.3. The molecule has 1 fully saturated rings. The Bertz CT molecular complexity index is 926. The molecular formula is C20H30N8. The van der Waals surface area contributed by atoms with Gasteiger partial charge in [-0.2, -0.15) is 5.10 Å². The van der Waals surface area contributed by atoms with Crippen molar-refractivity contribution in [2.24, 2.45) is 7.05 Å². The van der Waals surface area contributed by atoms with E-state index < -0.39 is 0 Å². The Morgan fingerprint density at radius 2 is 1.89 bits per heavy atom. The lowest BCUT2D eigenvalue weighted by Crippen LogP contribution is -2.33. The van der Waals surface area contributed by atoms with Crippen molar-refractivity contribution in [1.82, 2.24) is 39.0 Å². The Kier molecular flexibility index (Phi) is 5.30. The van der Waals surface area contributed by atoms with Crippen molar-refractivity contribution in [3.63, 3.8) is 0 Å². The minimum absolute atomic E-state index is 0.483. The van der Waals surface area contributed by atoms with Crippen LogP contribution in [-0.2, 0) is 26.7 Å². The van der Waals surface area contributed by atoms with Gasteiger partial charge in [0.05, 0.1) is 12.2 Å². The molecule has 28 heavy (non-hydrogen) atoms. The third kappa shape index (κ3) is 3.73. The van der Waals surface area contributed by atoms with Crippen molar-refractivity contribution in [3.05, 3.63) is 47.3 Å². The molecule has 4 heterocycles. The van der Waals surface area contributed by atoms with Crippen molar-refractivity contribution in [1.29, 1.82) is 0 Å². The first-order valence-corrected chi connectivity index (χ1v) is 10.2. The van der Waals surface area contributed by atoms with Crippen LogP contribution in [0.25, 0.3) is 0 Å². The first-order valence-electron chi connectivity index (χ1n) is 10.2. The maximum Gasteiger partial charge on any atom is 0.153 e. The standard InChI is InChI=1S/C20H30N8/c1-5-28-19(14-27-11-8-21-16(27)3)22-23-20(28)17-6-9-26(10-7-17)13-18-12-25(4)24-15(18)2/h8,11-12,17H,5-7,9-10,13-14H2,1-4H3. The molecule has 3 aromatic rings. The van der Waals surface area contributed by atoms with Crippen LogP contribution in [0.1, 0.15) is 54.4 Å². The Morgan fingerprint density at radius 3 is 2.50 bits per heavy atom. The molecule has 8 heteroatoms. The molecule has 0 unspecified atom stereocenters. The SMILES string of the molecule is CCn1c(Cn2ccnc2C)nnc1C1CCN(Cc2cn(C)nc2C)CC1. The Hall–Kier alpha value is -2.48. The second-order valence-corrected chi connectivity index (χ2v) is 7.78. The monoisotopic (exact) mass is 382 g/mol. The van der Waals surface area contributed by atoms with E-state index in [-0.39, 0.29) is 0 Å². The first kappa shape index (κ1) is 18.9. The number of rotatable bonds is 6. The molecular weight excluding hydrogens is 352 g/mol. The quantitative estimate of drug-likeness (QED) is 0.654. The normalized spacial score (nSPS) is 16.1. The Labute approximate surface area is 166 Å². The Morgan fingerprint density at radius 1 is 1.11 bits per heavy atom. The average Bonchev–Trinajstić information content (AvgIpc) is 3.36. The topological polar surface area (TPSA) is 69.6 Å². The van der Waals surface area contributed by atoms with Crippen LogP contribution in [0.4, 0.5) is 0 Å². The lowest BCUT2D eigenvalue weighted by atomic mass is 9.95. The largest absolute Gasteiger partial charge is 0.328 e. The average molecular weight is 383 g/mol. The van der Waals surface area contributed by atoms with Gasteiger partial charge in [-0.1, -0.05) is 0 Å². The Balaban J connectivity index is 1.41. The summed E-state index contributed by atoms with van der Waals surface area (Å²) in [6.45, 7) is 11.1. The molecule has 0 aromatic carbocycles. The van der Waals surface area contributed by atoms with E-state index in [1.807, 2.05) is 31.0 Å². The summed E-state index contributed by atoms with van der Waals surface area (Å²) in [7, 11) is 1.99. The van der Waals surface area contributed by atoms with Gasteiger partial charge in [-0.3, -0.25) is 9.58 Å². The van der Waals surface area contributed by atoms with E-state index in [0.29, 0.717) is 5.92 Å². The highest BCUT2D eigenvalue weighted by Gasteiger charge is 2.26. The van der Waals surface area contributed by atoms with Gasteiger partial charge in [-0.25, -0.2) is 4.98 Å². The number of aryl methyl sites for hydroxylation is 3. The summed E-state index contributed by atoms with van der Waals surface area (Å²) in [5.41, 5.74) is 2.46. The van der Waals surface area contributed by atoms with Crippen molar-refractivity contribution in [3.8, 4) is 0 Å². The fourth-order valence-corrected chi connectivity index (χ4v) is 4.23. The summed E-state index contributed by atoms with van der Waals surface area (Å²) < 4.78 is 6.33. The minimum atomic E-state index is 0.483. The molecule has 0 bridgehead atoms. The van der Waals surface area contributed by atoms with E-state index in [2.05, 4.69) is 54.4 Å². The minimum Gasteiger partial charge on any atom is -0.328 e. The summed E-state index contributed by atoms with van der Waals surface area (Å²) in [4.78, 5) is 6.84. The number of likely N-dealkylation sites (tertiary alicyclic amines) is 1. The molecule has 150 valence electrons. The van der Waals surface area contributed by atoms with Crippen LogP contribution in [0, 0.1) is 13.8 Å². The van der Waals surface area contributed by atoms with Crippen LogP contribution in [0.3, 0.4) is 0 Å². The van der Waals surface area contributed by atoms with Crippen LogP contribution in [0.5, 0.6) is 0 Å². The maximum absolute atomic E-state index is 4.59. The first-order chi connectivity index (χ1) is 13.5. The second kappa shape index (κ2) is 7.87. The zero-order chi connectivity index (χ0) is 19.7. The van der Waals surface area contributed by atoms with Crippen LogP contribution in [0.15, 0.2) is 18.6 Å². The predicted octanol–water partition coefficient (Wildman–Crippen LogP) is 2.27. The van der Waals surface area contributed by atoms with Gasteiger partial charge in [-0.05, 0) is 46.7 Å². The van der Waals surface area contributed by atoms with Gasteiger partial charge in [-0.15, -0.1) is 10.2 Å². The molecule has 0 N–H and O–H groups in total. The third-order valence-electron chi connectivity index (χ3n) is 5.87. The fourth-order valence-electron chi connectivity index (χ4n) is 4.23. The molecule has 1 aliphatic heterocycles. The number of piperidine rings is 1. The number of imidazole rings is 1. The third-order valence-corrected chi connectivity index (χ3v) is 5.87. The zero-order valence-corrected chi connectivity index (χ0v) is 17.3. The van der Waals surface area contributed by atoms with Crippen molar-refractivity contribution >= 4 is 0 Å². The predicted molar refractivity (Wildman–Crippen MR) is 107 cm³/mol. The van der Waals surface area contributed by atoms with Gasteiger partial charge in [0.25, 0.3) is 0 Å². The van der Waals surface area contributed by atoms with Gasteiger partial charge in [0, 0.05) is 50.2 Å². The fraction of sp³-hybridized carbons (Fsp3) is 0.600. The molecule has 3 aromatic heterocycles. The van der Waals surface area contributed by atoms with E-state index in [1.54, 1.807) is 0 Å². The van der Waals surface area contributed by atoms with E-state index in [9.17, 15) is 0 Å². The molecule has 0 aliphatic carbocycles. The number of hydrogen-bond acceptors (Lipinski definition) is 5. The summed E-state index contributed by atoms with van der Waals surface area (Å²) in [5, 5.41) is 13.6. The summed E-state index contributed by atoms with van der Waals surface area (Å²) >= 11 is 0. The van der Waals surface area contributed by atoms with Crippen molar-refractivity contribution in [2.45, 2.75) is 59.2 Å². The van der Waals surface area contributed by atoms with Crippen molar-refractivity contribution in [2.75, 3.05) is 13.1 Å². The molecule has 1 aliphatic rings. The van der Waals surface area contributed by atoms with E-state index in [0.717, 1.165) is 68.7 Å². The molecule has 4 rings (SSSR count). The maximum atomic E-state index is 4.59. The molecule has 8 nitrogen and oxygen atoms in total. The summed E-state index contributed by atoms with van der Waals surface area (Å²) in [6, 6.07) is 0. The van der Waals surface area contributed by atoms with E-state index >= 15 is 0 Å². The molecule has 1 saturated heterocycles. The van der Waals surface area contributed by atoms with Crippen LogP contribution < -0.4 is 0 Å². The molecule has 0 atom stereocenters. The highest BCUT2D eigenvalue weighted by Crippen LogP contribution is 2.28. The molecule has 0 spiro atoms. The van der Waals surface area contributed by atoms with E-state index in [4.69, 9.17) is 0 Å². The molecule has 0 radical (unpaired) electrons. The molecule has 0 amide bonds. The van der Waals surface area contributed by atoms with Gasteiger partial charge in [0.15, 0.2) is 5.82 Å². The zero-order valence-electron chi connectivity index (χ0n) is 17.3. The number of hydrogen-bond donors (Lipinski definition) is 0. The van der Waals surface area contributed by atoms with Gasteiger partial charge in [0.2, 0.25) is 0 Å². The molecule has 0 saturated carbocycles. The van der Waals surface area contributed by atoms with Crippen LogP contribution in [-0.4, -0.2) is 52.1 Å². The van der Waals surface area contributed by atoms with Gasteiger partial charge >= 0.3 is 0 Å². The summed E-state index contributed by atoms with van der Waals surface area (Å²) in [6.07, 6.45) is 8.23. The second-order valence-electron chi connectivity index (χ2n) is 7.78. The van der Waals surface area contributed by atoms with Crippen LogP contribution >= 0.6 is 0 Å². The lowest BCUT2D eigenvalue weighted by Gasteiger charge is -2.31. The lowest BCUT2D eigenvalue weighted by molar-refractivity contribution is 0.199. The van der Waals surface area contributed by atoms with Gasteiger partial charge in [0.1, 0.15) is 11.6 Å². The van der Waals surface area contributed by atoms with Gasteiger partial charge < -0.3 is 9.13 Å². The summed E-state index contributed by atoms with van der Waals surface area (Å²) in [5.74, 6) is 3.65. The van der Waals surface area contributed by atoms with Crippen LogP contribution in [0.2, 0.25) is 0 Å². The van der Waals surface area contributed by atoms with Crippen molar-refractivity contribution < 1.29 is 0 Å². The van der Waals surface area contributed by atoms with E-state index in [1.165, 1.54) is 5.56 Å². The smallest absolute Gasteiger partial charge is 0.153 e. The number of aromatic nitrogens is 7.